The minimum Gasteiger partial charge on any atom is -0.480 e. The molecule has 0 radical (unpaired) electrons. The smallest absolute Gasteiger partial charge is 0.329 e. The van der Waals surface area contributed by atoms with Crippen molar-refractivity contribution in [1.82, 2.24) is 9.97 Å². The van der Waals surface area contributed by atoms with Gasteiger partial charge in [-0.15, -0.1) is 0 Å². The van der Waals surface area contributed by atoms with Gasteiger partial charge in [-0.25, -0.2) is 14.8 Å². The molecule has 0 amide bonds. The van der Waals surface area contributed by atoms with Crippen molar-refractivity contribution in [2.24, 2.45) is 0 Å². The van der Waals surface area contributed by atoms with E-state index in [0.29, 0.717) is 31.3 Å². The maximum absolute atomic E-state index is 11.7. The largest absolute Gasteiger partial charge is 0.480 e. The number of ether oxygens (including phenoxy) is 1. The van der Waals surface area contributed by atoms with E-state index in [1.807, 2.05) is 18.7 Å². The van der Waals surface area contributed by atoms with Crippen LogP contribution in [0.2, 0.25) is 0 Å². The number of carbonyl (C=O) groups is 1. The van der Waals surface area contributed by atoms with Crippen LogP contribution in [0.1, 0.15) is 38.7 Å². The van der Waals surface area contributed by atoms with E-state index >= 15 is 0 Å². The number of carboxylic acid groups (broad SMARTS) is 1. The van der Waals surface area contributed by atoms with Crippen molar-refractivity contribution >= 4 is 11.8 Å². The number of aromatic nitrogens is 2. The molecule has 20 heavy (non-hydrogen) atoms. The maximum Gasteiger partial charge on any atom is 0.329 e. The fourth-order valence-corrected chi connectivity index (χ4v) is 2.66. The summed E-state index contributed by atoms with van der Waals surface area (Å²) in [7, 11) is 0. The van der Waals surface area contributed by atoms with Gasteiger partial charge in [-0.1, -0.05) is 0 Å². The summed E-state index contributed by atoms with van der Waals surface area (Å²) in [6.07, 6.45) is 3.94. The number of carboxylic acids is 1. The lowest BCUT2D eigenvalue weighted by atomic mass is 9.88. The molecule has 1 aromatic heterocycles. The van der Waals surface area contributed by atoms with Crippen LogP contribution in [0.25, 0.3) is 0 Å². The third kappa shape index (κ3) is 2.42. The molecule has 1 aromatic rings. The van der Waals surface area contributed by atoms with Crippen LogP contribution in [0.4, 0.5) is 5.82 Å². The van der Waals surface area contributed by atoms with Crippen LogP contribution in [0.5, 0.6) is 5.88 Å². The van der Waals surface area contributed by atoms with E-state index in [1.54, 1.807) is 6.92 Å². The van der Waals surface area contributed by atoms with Crippen molar-refractivity contribution in [3.8, 4) is 5.88 Å². The molecule has 1 N–H and O–H groups in total. The average molecular weight is 279 g/mol. The molecule has 1 aliphatic heterocycles. The van der Waals surface area contributed by atoms with Gasteiger partial charge in [0.05, 0.1) is 12.2 Å². The van der Waals surface area contributed by atoms with Crippen LogP contribution in [-0.2, 0) is 4.79 Å². The summed E-state index contributed by atoms with van der Waals surface area (Å²) in [5.41, 5.74) is -0.121. The highest BCUT2D eigenvalue weighted by Gasteiger charge is 2.42. The minimum atomic E-state index is -0.916. The summed E-state index contributed by atoms with van der Waals surface area (Å²) in [4.78, 5) is 21.9. The second-order valence-corrected chi connectivity index (χ2v) is 5.25. The molecule has 0 aliphatic carbocycles. The average Bonchev–Trinajstić information content (AvgIpc) is 2.42. The van der Waals surface area contributed by atoms with E-state index in [9.17, 15) is 9.90 Å². The topological polar surface area (TPSA) is 75.6 Å². The molecular formula is C14H21N3O3. The van der Waals surface area contributed by atoms with Crippen LogP contribution in [-0.4, -0.2) is 39.7 Å². The first-order valence-electron chi connectivity index (χ1n) is 6.96. The number of nitrogens with zero attached hydrogens (tertiary/aromatic N) is 3. The first-order valence-corrected chi connectivity index (χ1v) is 6.96. The van der Waals surface area contributed by atoms with Gasteiger partial charge in [0.15, 0.2) is 0 Å². The normalized spacial score (nSPS) is 22.6. The Bertz CT molecular complexity index is 506. The van der Waals surface area contributed by atoms with E-state index < -0.39 is 11.5 Å². The summed E-state index contributed by atoms with van der Waals surface area (Å²) < 4.78 is 5.47. The maximum atomic E-state index is 11.7. The number of rotatable bonds is 4. The molecule has 1 aliphatic rings. The van der Waals surface area contributed by atoms with Gasteiger partial charge in [0, 0.05) is 6.54 Å². The number of piperidine rings is 1. The molecule has 1 atom stereocenters. The number of hydrogen-bond acceptors (Lipinski definition) is 5. The Labute approximate surface area is 118 Å². The van der Waals surface area contributed by atoms with Crippen LogP contribution in [0.15, 0.2) is 6.33 Å². The summed E-state index contributed by atoms with van der Waals surface area (Å²) in [6, 6.07) is 0. The van der Waals surface area contributed by atoms with Crippen molar-refractivity contribution in [3.05, 3.63) is 11.9 Å². The van der Waals surface area contributed by atoms with Crippen molar-refractivity contribution in [2.45, 2.75) is 45.6 Å². The summed E-state index contributed by atoms with van der Waals surface area (Å²) in [6.45, 7) is 6.73. The Balaban J connectivity index is 2.43. The van der Waals surface area contributed by atoms with Crippen LogP contribution < -0.4 is 9.64 Å². The Hall–Kier alpha value is -1.85. The molecule has 2 rings (SSSR count). The van der Waals surface area contributed by atoms with Gasteiger partial charge >= 0.3 is 5.97 Å². The predicted octanol–water partition coefficient (Wildman–Crippen LogP) is 2.02. The monoisotopic (exact) mass is 279 g/mol. The number of anilines is 1. The van der Waals surface area contributed by atoms with E-state index in [-0.39, 0.29) is 0 Å². The van der Waals surface area contributed by atoms with Gasteiger partial charge in [0.1, 0.15) is 17.7 Å². The quantitative estimate of drug-likeness (QED) is 0.908. The summed E-state index contributed by atoms with van der Waals surface area (Å²) in [5, 5.41) is 9.58. The van der Waals surface area contributed by atoms with Gasteiger partial charge in [0.2, 0.25) is 5.88 Å². The minimum absolute atomic E-state index is 0.521. The summed E-state index contributed by atoms with van der Waals surface area (Å²) in [5.74, 6) is 0.372. The molecule has 6 heteroatoms. The molecule has 1 unspecified atom stereocenters. The van der Waals surface area contributed by atoms with Gasteiger partial charge in [0.25, 0.3) is 0 Å². The molecule has 2 heterocycles. The number of hydrogen-bond donors (Lipinski definition) is 1. The first-order chi connectivity index (χ1) is 9.50. The molecule has 6 nitrogen and oxygen atoms in total. The predicted molar refractivity (Wildman–Crippen MR) is 75.2 cm³/mol. The molecule has 0 aromatic carbocycles. The molecule has 1 saturated heterocycles. The Morgan fingerprint density at radius 3 is 2.90 bits per heavy atom. The third-order valence-electron chi connectivity index (χ3n) is 3.90. The van der Waals surface area contributed by atoms with E-state index in [2.05, 4.69) is 9.97 Å². The third-order valence-corrected chi connectivity index (χ3v) is 3.90. The Kier molecular flexibility index (Phi) is 4.11. The second-order valence-electron chi connectivity index (χ2n) is 5.25. The van der Waals surface area contributed by atoms with E-state index in [1.165, 1.54) is 6.33 Å². The van der Waals surface area contributed by atoms with E-state index in [0.717, 1.165) is 18.4 Å². The fraction of sp³-hybridized carbons (Fsp3) is 0.643. The zero-order chi connectivity index (χ0) is 14.8. The van der Waals surface area contributed by atoms with Gasteiger partial charge in [-0.2, -0.15) is 0 Å². The SMILES string of the molecule is CCOc1ncnc(N2CCCCC2(C)C(=O)O)c1C. The molecular weight excluding hydrogens is 258 g/mol. The Morgan fingerprint density at radius 2 is 2.25 bits per heavy atom. The van der Waals surface area contributed by atoms with Gasteiger partial charge < -0.3 is 14.7 Å². The highest BCUT2D eigenvalue weighted by Crippen LogP contribution is 2.35. The highest BCUT2D eigenvalue weighted by atomic mass is 16.5. The zero-order valence-corrected chi connectivity index (χ0v) is 12.2. The summed E-state index contributed by atoms with van der Waals surface area (Å²) >= 11 is 0. The van der Waals surface area contributed by atoms with Crippen molar-refractivity contribution < 1.29 is 14.6 Å². The zero-order valence-electron chi connectivity index (χ0n) is 12.2. The van der Waals surface area contributed by atoms with Gasteiger partial charge in [-0.05, 0) is 40.0 Å². The Morgan fingerprint density at radius 1 is 1.50 bits per heavy atom. The lowest BCUT2D eigenvalue weighted by Gasteiger charge is -2.43. The lowest BCUT2D eigenvalue weighted by Crippen LogP contribution is -2.56. The highest BCUT2D eigenvalue weighted by molar-refractivity contribution is 5.83. The van der Waals surface area contributed by atoms with Crippen molar-refractivity contribution in [1.29, 1.82) is 0 Å². The molecule has 0 bridgehead atoms. The van der Waals surface area contributed by atoms with Crippen molar-refractivity contribution in [2.75, 3.05) is 18.1 Å². The van der Waals surface area contributed by atoms with E-state index in [4.69, 9.17) is 4.74 Å². The standard InChI is InChI=1S/C14H21N3O3/c1-4-20-12-10(2)11(15-9-16-12)17-8-6-5-7-14(17,3)13(18)19/h9H,4-8H2,1-3H3,(H,18,19). The molecule has 0 spiro atoms. The fourth-order valence-electron chi connectivity index (χ4n) is 2.66. The van der Waals surface area contributed by atoms with Gasteiger partial charge in [-0.3, -0.25) is 0 Å². The van der Waals surface area contributed by atoms with Crippen LogP contribution in [0, 0.1) is 6.92 Å². The van der Waals surface area contributed by atoms with Crippen LogP contribution >= 0.6 is 0 Å². The molecule has 110 valence electrons. The number of aliphatic carboxylic acids is 1. The molecule has 1 fully saturated rings. The second kappa shape index (κ2) is 5.64. The van der Waals surface area contributed by atoms with Crippen LogP contribution in [0.3, 0.4) is 0 Å². The molecule has 0 saturated carbocycles. The lowest BCUT2D eigenvalue weighted by molar-refractivity contribution is -0.143. The van der Waals surface area contributed by atoms with Crippen molar-refractivity contribution in [3.63, 3.8) is 0 Å². The first kappa shape index (κ1) is 14.6.